The molecule has 1 saturated heterocycles. The van der Waals surface area contributed by atoms with E-state index in [-0.39, 0.29) is 26.1 Å². The molecule has 0 amide bonds. The van der Waals surface area contributed by atoms with Crippen LogP contribution in [0.2, 0.25) is 0 Å². The van der Waals surface area contributed by atoms with E-state index in [2.05, 4.69) is 4.90 Å². The van der Waals surface area contributed by atoms with Crippen molar-refractivity contribution in [3.63, 3.8) is 0 Å². The number of ether oxygens (including phenoxy) is 1. The smallest absolute Gasteiger partial charge is 0.0594 e. The first-order valence-electron chi connectivity index (χ1n) is 3.34. The molecular weight excluding hydrogens is 183 g/mol. The molecule has 0 aliphatic carbocycles. The molecule has 0 atom stereocenters. The molecule has 0 bridgehead atoms. The molecular formula is C6H13NO2Zn. The van der Waals surface area contributed by atoms with Gasteiger partial charge in [0, 0.05) is 39.1 Å². The Kier molecular flexibility index (Phi) is 6.54. The zero-order valence-corrected chi connectivity index (χ0v) is 9.22. The number of β-amino-alcohol motifs (C(OH)–C–C–N with tert-alkyl or cyclic N) is 1. The third kappa shape index (κ3) is 3.62. The van der Waals surface area contributed by atoms with Crippen molar-refractivity contribution in [2.75, 3.05) is 39.5 Å². The van der Waals surface area contributed by atoms with Crippen LogP contribution in [0.3, 0.4) is 0 Å². The molecule has 0 aromatic rings. The van der Waals surface area contributed by atoms with E-state index in [0.717, 1.165) is 32.8 Å². The summed E-state index contributed by atoms with van der Waals surface area (Å²) < 4.78 is 5.12. The molecule has 1 rings (SSSR count). The van der Waals surface area contributed by atoms with Crippen LogP contribution in [-0.4, -0.2) is 49.5 Å². The van der Waals surface area contributed by atoms with Crippen molar-refractivity contribution in [3.05, 3.63) is 0 Å². The number of morpholine rings is 1. The Balaban J connectivity index is 0.000000810. The standard InChI is InChI=1S/C6H13NO2.Zn/c8-4-1-7-2-5-9-6-3-7;/h8H,1-6H2;. The van der Waals surface area contributed by atoms with E-state index in [1.165, 1.54) is 0 Å². The Labute approximate surface area is 74.1 Å². The van der Waals surface area contributed by atoms with Crippen LogP contribution in [-0.2, 0) is 24.2 Å². The van der Waals surface area contributed by atoms with Crippen molar-refractivity contribution in [2.24, 2.45) is 0 Å². The van der Waals surface area contributed by atoms with E-state index < -0.39 is 0 Å². The predicted octanol–water partition coefficient (Wildman–Crippen LogP) is -0.692. The van der Waals surface area contributed by atoms with Gasteiger partial charge in [0.15, 0.2) is 0 Å². The van der Waals surface area contributed by atoms with Gasteiger partial charge in [-0.05, 0) is 0 Å². The molecule has 10 heavy (non-hydrogen) atoms. The maximum atomic E-state index is 8.54. The molecule has 1 heterocycles. The first-order chi connectivity index (χ1) is 4.43. The Morgan fingerprint density at radius 3 is 2.40 bits per heavy atom. The Bertz CT molecular complexity index is 73.4. The Hall–Kier alpha value is 0.503. The van der Waals surface area contributed by atoms with Gasteiger partial charge in [-0.25, -0.2) is 0 Å². The van der Waals surface area contributed by atoms with Gasteiger partial charge in [-0.3, -0.25) is 4.90 Å². The van der Waals surface area contributed by atoms with Crippen LogP contribution in [0, 0.1) is 0 Å². The summed E-state index contributed by atoms with van der Waals surface area (Å²) >= 11 is 0. The second-order valence-corrected chi connectivity index (χ2v) is 2.18. The van der Waals surface area contributed by atoms with E-state index in [0.29, 0.717) is 0 Å². The monoisotopic (exact) mass is 195 g/mol. The first-order valence-corrected chi connectivity index (χ1v) is 3.34. The maximum absolute atomic E-state index is 8.54. The van der Waals surface area contributed by atoms with Gasteiger partial charge in [-0.1, -0.05) is 0 Å². The van der Waals surface area contributed by atoms with Crippen LogP contribution in [0.4, 0.5) is 0 Å². The minimum Gasteiger partial charge on any atom is -0.395 e. The fourth-order valence-electron chi connectivity index (χ4n) is 0.966. The van der Waals surface area contributed by atoms with Crippen molar-refractivity contribution < 1.29 is 29.3 Å². The summed E-state index contributed by atoms with van der Waals surface area (Å²) in [6.45, 7) is 4.64. The number of aliphatic hydroxyl groups is 1. The van der Waals surface area contributed by atoms with Gasteiger partial charge in [-0.15, -0.1) is 0 Å². The molecule has 0 saturated carbocycles. The first kappa shape index (κ1) is 10.5. The number of rotatable bonds is 2. The van der Waals surface area contributed by atoms with Gasteiger partial charge < -0.3 is 9.84 Å². The quantitative estimate of drug-likeness (QED) is 0.594. The number of aliphatic hydroxyl groups excluding tert-OH is 1. The summed E-state index contributed by atoms with van der Waals surface area (Å²) in [5.74, 6) is 0. The van der Waals surface area contributed by atoms with Crippen molar-refractivity contribution in [1.82, 2.24) is 4.90 Å². The molecule has 1 aliphatic heterocycles. The zero-order chi connectivity index (χ0) is 6.53. The molecule has 1 aliphatic rings. The summed E-state index contributed by atoms with van der Waals surface area (Å²) in [6.07, 6.45) is 0. The van der Waals surface area contributed by atoms with E-state index >= 15 is 0 Å². The largest absolute Gasteiger partial charge is 0.395 e. The third-order valence-electron chi connectivity index (χ3n) is 1.52. The Morgan fingerprint density at radius 2 is 1.90 bits per heavy atom. The fourth-order valence-corrected chi connectivity index (χ4v) is 0.966. The maximum Gasteiger partial charge on any atom is 0.0594 e. The van der Waals surface area contributed by atoms with Crippen molar-refractivity contribution in [3.8, 4) is 0 Å². The average molecular weight is 197 g/mol. The van der Waals surface area contributed by atoms with E-state index in [1.807, 2.05) is 0 Å². The molecule has 0 aromatic carbocycles. The van der Waals surface area contributed by atoms with E-state index in [1.54, 1.807) is 0 Å². The van der Waals surface area contributed by atoms with Gasteiger partial charge in [0.25, 0.3) is 0 Å². The van der Waals surface area contributed by atoms with Gasteiger partial charge in [-0.2, -0.15) is 0 Å². The van der Waals surface area contributed by atoms with E-state index in [9.17, 15) is 0 Å². The minimum atomic E-state index is 0. The molecule has 0 aromatic heterocycles. The number of hydrogen-bond donors (Lipinski definition) is 1. The van der Waals surface area contributed by atoms with Gasteiger partial charge >= 0.3 is 0 Å². The fraction of sp³-hybridized carbons (Fsp3) is 1.00. The summed E-state index contributed by atoms with van der Waals surface area (Å²) in [4.78, 5) is 2.20. The molecule has 0 unspecified atom stereocenters. The number of hydrogen-bond acceptors (Lipinski definition) is 3. The normalized spacial score (nSPS) is 20.1. The van der Waals surface area contributed by atoms with Crippen LogP contribution in [0.25, 0.3) is 0 Å². The molecule has 4 heteroatoms. The van der Waals surface area contributed by atoms with Gasteiger partial charge in [0.05, 0.1) is 19.8 Å². The Morgan fingerprint density at radius 1 is 1.30 bits per heavy atom. The van der Waals surface area contributed by atoms with Crippen LogP contribution in [0.1, 0.15) is 0 Å². The number of nitrogens with zero attached hydrogens (tertiary/aromatic N) is 1. The van der Waals surface area contributed by atoms with Crippen LogP contribution >= 0.6 is 0 Å². The second-order valence-electron chi connectivity index (χ2n) is 2.18. The molecule has 3 nitrogen and oxygen atoms in total. The van der Waals surface area contributed by atoms with Crippen molar-refractivity contribution in [2.45, 2.75) is 0 Å². The predicted molar refractivity (Wildman–Crippen MR) is 34.3 cm³/mol. The molecule has 1 fully saturated rings. The minimum absolute atomic E-state index is 0. The van der Waals surface area contributed by atoms with Crippen LogP contribution < -0.4 is 0 Å². The zero-order valence-electron chi connectivity index (χ0n) is 6.25. The van der Waals surface area contributed by atoms with Crippen molar-refractivity contribution in [1.29, 1.82) is 0 Å². The van der Waals surface area contributed by atoms with Crippen LogP contribution in [0.15, 0.2) is 0 Å². The van der Waals surface area contributed by atoms with Gasteiger partial charge in [0.2, 0.25) is 0 Å². The molecule has 0 spiro atoms. The van der Waals surface area contributed by atoms with E-state index in [4.69, 9.17) is 9.84 Å². The SMILES string of the molecule is OCCN1CCOCC1.[Zn]. The summed E-state index contributed by atoms with van der Waals surface area (Å²) in [6, 6.07) is 0. The second kappa shape index (κ2) is 6.23. The summed E-state index contributed by atoms with van der Waals surface area (Å²) in [5, 5.41) is 8.54. The van der Waals surface area contributed by atoms with Gasteiger partial charge in [0.1, 0.15) is 0 Å². The molecule has 0 radical (unpaired) electrons. The summed E-state index contributed by atoms with van der Waals surface area (Å²) in [7, 11) is 0. The average Bonchev–Trinajstić information content (AvgIpc) is 1.91. The molecule has 56 valence electrons. The summed E-state index contributed by atoms with van der Waals surface area (Å²) in [5.41, 5.74) is 0. The topological polar surface area (TPSA) is 32.7 Å². The third-order valence-corrected chi connectivity index (χ3v) is 1.52. The van der Waals surface area contributed by atoms with Crippen LogP contribution in [0.5, 0.6) is 0 Å². The molecule has 1 N–H and O–H groups in total. The van der Waals surface area contributed by atoms with Crippen molar-refractivity contribution >= 4 is 0 Å².